The van der Waals surface area contributed by atoms with Crippen LogP contribution < -0.4 is 9.47 Å². The molecule has 2 aromatic rings. The van der Waals surface area contributed by atoms with Gasteiger partial charge in [0.05, 0.1) is 6.20 Å². The summed E-state index contributed by atoms with van der Waals surface area (Å²) in [5, 5.41) is 0. The van der Waals surface area contributed by atoms with Crippen molar-refractivity contribution in [2.45, 2.75) is 6.92 Å². The predicted octanol–water partition coefficient (Wildman–Crippen LogP) is 2.85. The third kappa shape index (κ3) is 3.79. The second-order valence-corrected chi connectivity index (χ2v) is 3.65. The molecule has 1 heterocycles. The van der Waals surface area contributed by atoms with Crippen LogP contribution in [0.1, 0.15) is 5.69 Å². The number of aryl methyl sites for hydroxylation is 1. The molecular formula is C14H15NO2. The second kappa shape index (κ2) is 5.89. The maximum atomic E-state index is 5.51. The molecule has 0 unspecified atom stereocenters. The maximum absolute atomic E-state index is 5.51. The highest BCUT2D eigenvalue weighted by molar-refractivity contribution is 5.21. The summed E-state index contributed by atoms with van der Waals surface area (Å²) in [4.78, 5) is 4.15. The van der Waals surface area contributed by atoms with Gasteiger partial charge in [-0.25, -0.2) is 0 Å². The van der Waals surface area contributed by atoms with Crippen molar-refractivity contribution >= 4 is 0 Å². The molecule has 0 atom stereocenters. The SMILES string of the molecule is Cc1ccc(OCCOc2ccccc2)cn1. The quantitative estimate of drug-likeness (QED) is 0.739. The summed E-state index contributed by atoms with van der Waals surface area (Å²) in [6.07, 6.45) is 1.72. The molecule has 0 saturated heterocycles. The molecule has 0 bridgehead atoms. The van der Waals surface area contributed by atoms with Crippen LogP contribution in [0.5, 0.6) is 11.5 Å². The van der Waals surface area contributed by atoms with Gasteiger partial charge in [-0.2, -0.15) is 0 Å². The number of rotatable bonds is 5. The van der Waals surface area contributed by atoms with Crippen LogP contribution in [0.25, 0.3) is 0 Å². The average Bonchev–Trinajstić information content (AvgIpc) is 2.38. The first-order chi connectivity index (χ1) is 8.34. The van der Waals surface area contributed by atoms with Gasteiger partial charge in [-0.05, 0) is 31.2 Å². The molecule has 0 fully saturated rings. The number of hydrogen-bond acceptors (Lipinski definition) is 3. The van der Waals surface area contributed by atoms with E-state index >= 15 is 0 Å². The first kappa shape index (κ1) is 11.5. The highest BCUT2D eigenvalue weighted by atomic mass is 16.5. The fourth-order valence-electron chi connectivity index (χ4n) is 1.38. The van der Waals surface area contributed by atoms with Gasteiger partial charge in [0.1, 0.15) is 24.7 Å². The lowest BCUT2D eigenvalue weighted by atomic mass is 10.3. The molecular weight excluding hydrogens is 214 g/mol. The van der Waals surface area contributed by atoms with Gasteiger partial charge >= 0.3 is 0 Å². The zero-order valence-electron chi connectivity index (χ0n) is 9.80. The Balaban J connectivity index is 1.71. The largest absolute Gasteiger partial charge is 0.490 e. The zero-order chi connectivity index (χ0) is 11.9. The van der Waals surface area contributed by atoms with Gasteiger partial charge in [0, 0.05) is 5.69 Å². The molecule has 1 aromatic carbocycles. The lowest BCUT2D eigenvalue weighted by molar-refractivity contribution is 0.216. The van der Waals surface area contributed by atoms with Crippen LogP contribution in [0.15, 0.2) is 48.7 Å². The number of aromatic nitrogens is 1. The van der Waals surface area contributed by atoms with E-state index in [1.54, 1.807) is 6.20 Å². The summed E-state index contributed by atoms with van der Waals surface area (Å²) in [5.41, 5.74) is 0.984. The molecule has 0 aliphatic carbocycles. The van der Waals surface area contributed by atoms with E-state index in [4.69, 9.17) is 9.47 Å². The Morgan fingerprint density at radius 1 is 0.882 bits per heavy atom. The predicted molar refractivity (Wildman–Crippen MR) is 66.4 cm³/mol. The Bertz CT molecular complexity index is 440. The highest BCUT2D eigenvalue weighted by Crippen LogP contribution is 2.10. The smallest absolute Gasteiger partial charge is 0.137 e. The second-order valence-electron chi connectivity index (χ2n) is 3.65. The molecule has 0 N–H and O–H groups in total. The van der Waals surface area contributed by atoms with E-state index in [1.165, 1.54) is 0 Å². The van der Waals surface area contributed by atoms with Gasteiger partial charge in [-0.15, -0.1) is 0 Å². The molecule has 17 heavy (non-hydrogen) atoms. The van der Waals surface area contributed by atoms with Crippen LogP contribution in [0.4, 0.5) is 0 Å². The molecule has 0 amide bonds. The Hall–Kier alpha value is -2.03. The van der Waals surface area contributed by atoms with E-state index in [2.05, 4.69) is 4.98 Å². The minimum absolute atomic E-state index is 0.514. The number of ether oxygens (including phenoxy) is 2. The number of para-hydroxylation sites is 1. The van der Waals surface area contributed by atoms with Crippen molar-refractivity contribution in [1.29, 1.82) is 0 Å². The Kier molecular flexibility index (Phi) is 3.97. The first-order valence-electron chi connectivity index (χ1n) is 5.58. The molecule has 0 saturated carbocycles. The molecule has 3 heteroatoms. The monoisotopic (exact) mass is 229 g/mol. The van der Waals surface area contributed by atoms with Crippen molar-refractivity contribution in [3.8, 4) is 11.5 Å². The summed E-state index contributed by atoms with van der Waals surface area (Å²) in [7, 11) is 0. The van der Waals surface area contributed by atoms with Gasteiger partial charge in [0.2, 0.25) is 0 Å². The third-order valence-corrected chi connectivity index (χ3v) is 2.25. The average molecular weight is 229 g/mol. The van der Waals surface area contributed by atoms with Crippen LogP contribution in [0, 0.1) is 6.92 Å². The summed E-state index contributed by atoms with van der Waals surface area (Å²) < 4.78 is 11.0. The summed E-state index contributed by atoms with van der Waals surface area (Å²) >= 11 is 0. The summed E-state index contributed by atoms with van der Waals surface area (Å²) in [6, 6.07) is 13.5. The van der Waals surface area contributed by atoms with Crippen molar-refractivity contribution < 1.29 is 9.47 Å². The minimum atomic E-state index is 0.514. The fraction of sp³-hybridized carbons (Fsp3) is 0.214. The molecule has 0 aliphatic heterocycles. The van der Waals surface area contributed by atoms with Crippen molar-refractivity contribution in [2.24, 2.45) is 0 Å². The van der Waals surface area contributed by atoms with Crippen LogP contribution in [-0.4, -0.2) is 18.2 Å². The Morgan fingerprint density at radius 2 is 1.59 bits per heavy atom. The van der Waals surface area contributed by atoms with Crippen molar-refractivity contribution in [3.05, 3.63) is 54.4 Å². The van der Waals surface area contributed by atoms with E-state index in [1.807, 2.05) is 49.4 Å². The molecule has 2 rings (SSSR count). The molecule has 88 valence electrons. The lowest BCUT2D eigenvalue weighted by Gasteiger charge is -2.07. The van der Waals surface area contributed by atoms with Crippen molar-refractivity contribution in [3.63, 3.8) is 0 Å². The molecule has 0 radical (unpaired) electrons. The summed E-state index contributed by atoms with van der Waals surface area (Å²) in [5.74, 6) is 1.63. The number of benzene rings is 1. The van der Waals surface area contributed by atoms with Crippen LogP contribution >= 0.6 is 0 Å². The lowest BCUT2D eigenvalue weighted by Crippen LogP contribution is -2.09. The van der Waals surface area contributed by atoms with Gasteiger partial charge in [0.15, 0.2) is 0 Å². The number of pyridine rings is 1. The van der Waals surface area contributed by atoms with E-state index < -0.39 is 0 Å². The Labute approximate surface area is 101 Å². The van der Waals surface area contributed by atoms with Gasteiger partial charge < -0.3 is 9.47 Å². The zero-order valence-corrected chi connectivity index (χ0v) is 9.80. The van der Waals surface area contributed by atoms with E-state index in [0.717, 1.165) is 17.2 Å². The van der Waals surface area contributed by atoms with E-state index in [0.29, 0.717) is 13.2 Å². The molecule has 0 aliphatic rings. The van der Waals surface area contributed by atoms with Gasteiger partial charge in [-0.3, -0.25) is 4.98 Å². The molecule has 3 nitrogen and oxygen atoms in total. The highest BCUT2D eigenvalue weighted by Gasteiger charge is 1.95. The summed E-state index contributed by atoms with van der Waals surface area (Å²) in [6.45, 7) is 2.99. The first-order valence-corrected chi connectivity index (χ1v) is 5.58. The Morgan fingerprint density at radius 3 is 2.24 bits per heavy atom. The molecule has 0 spiro atoms. The fourth-order valence-corrected chi connectivity index (χ4v) is 1.38. The minimum Gasteiger partial charge on any atom is -0.490 e. The van der Waals surface area contributed by atoms with E-state index in [9.17, 15) is 0 Å². The van der Waals surface area contributed by atoms with E-state index in [-0.39, 0.29) is 0 Å². The number of hydrogen-bond donors (Lipinski definition) is 0. The van der Waals surface area contributed by atoms with Crippen LogP contribution in [0.3, 0.4) is 0 Å². The van der Waals surface area contributed by atoms with Crippen LogP contribution in [-0.2, 0) is 0 Å². The van der Waals surface area contributed by atoms with Gasteiger partial charge in [-0.1, -0.05) is 18.2 Å². The number of nitrogens with zero attached hydrogens (tertiary/aromatic N) is 1. The van der Waals surface area contributed by atoms with Crippen molar-refractivity contribution in [1.82, 2.24) is 4.98 Å². The van der Waals surface area contributed by atoms with Crippen molar-refractivity contribution in [2.75, 3.05) is 13.2 Å². The standard InChI is InChI=1S/C14H15NO2/c1-12-7-8-14(11-15-12)17-10-9-16-13-5-3-2-4-6-13/h2-8,11H,9-10H2,1H3. The van der Waals surface area contributed by atoms with Crippen LogP contribution in [0.2, 0.25) is 0 Å². The topological polar surface area (TPSA) is 31.4 Å². The normalized spacial score (nSPS) is 9.94. The maximum Gasteiger partial charge on any atom is 0.137 e. The van der Waals surface area contributed by atoms with Gasteiger partial charge in [0.25, 0.3) is 0 Å². The third-order valence-electron chi connectivity index (χ3n) is 2.25. The molecule has 1 aromatic heterocycles.